The standard InChI is InChI=1S/C17H27NO3/c1-3-4-5-6-7-8-9-12-21-17(19)15-13-14(18)10-11-16(15)20-2/h10-11,13H,3-9,12,18H2,1-2H3. The lowest BCUT2D eigenvalue weighted by Gasteiger charge is -2.09. The molecule has 0 amide bonds. The van der Waals surface area contributed by atoms with Gasteiger partial charge in [-0.2, -0.15) is 0 Å². The maximum absolute atomic E-state index is 12.0. The molecule has 0 unspecified atom stereocenters. The lowest BCUT2D eigenvalue weighted by atomic mass is 10.1. The normalized spacial score (nSPS) is 10.4. The molecule has 0 aliphatic carbocycles. The summed E-state index contributed by atoms with van der Waals surface area (Å²) in [5.74, 6) is 0.124. The van der Waals surface area contributed by atoms with Crippen LogP contribution < -0.4 is 10.5 Å². The highest BCUT2D eigenvalue weighted by molar-refractivity contribution is 5.93. The molecule has 0 fully saturated rings. The van der Waals surface area contributed by atoms with E-state index in [0.29, 0.717) is 23.6 Å². The summed E-state index contributed by atoms with van der Waals surface area (Å²) < 4.78 is 10.4. The summed E-state index contributed by atoms with van der Waals surface area (Å²) in [6.45, 7) is 2.66. The van der Waals surface area contributed by atoms with Crippen LogP contribution in [0.4, 0.5) is 5.69 Å². The molecule has 2 N–H and O–H groups in total. The van der Waals surface area contributed by atoms with E-state index < -0.39 is 0 Å². The van der Waals surface area contributed by atoms with Gasteiger partial charge in [-0.3, -0.25) is 0 Å². The van der Waals surface area contributed by atoms with Crippen LogP contribution in [0.15, 0.2) is 18.2 Å². The van der Waals surface area contributed by atoms with Gasteiger partial charge in [0.05, 0.1) is 13.7 Å². The lowest BCUT2D eigenvalue weighted by molar-refractivity contribution is 0.0494. The molecule has 1 aromatic rings. The van der Waals surface area contributed by atoms with Gasteiger partial charge in [-0.25, -0.2) is 4.79 Å². The Bertz CT molecular complexity index is 432. The van der Waals surface area contributed by atoms with E-state index in [0.717, 1.165) is 12.8 Å². The number of methoxy groups -OCH3 is 1. The SMILES string of the molecule is CCCCCCCCCOC(=O)c1cc(N)ccc1OC. The van der Waals surface area contributed by atoms with Crippen molar-refractivity contribution in [3.05, 3.63) is 23.8 Å². The molecule has 0 saturated heterocycles. The predicted molar refractivity (Wildman–Crippen MR) is 85.7 cm³/mol. The first kappa shape index (κ1) is 17.3. The molecular weight excluding hydrogens is 266 g/mol. The van der Waals surface area contributed by atoms with Crippen LogP contribution in [0, 0.1) is 0 Å². The van der Waals surface area contributed by atoms with Crippen LogP contribution in [-0.2, 0) is 4.74 Å². The Morgan fingerprint density at radius 2 is 1.76 bits per heavy atom. The molecule has 4 nitrogen and oxygen atoms in total. The molecule has 1 rings (SSSR count). The number of hydrogen-bond acceptors (Lipinski definition) is 4. The maximum atomic E-state index is 12.0. The number of carbonyl (C=O) groups is 1. The Balaban J connectivity index is 2.26. The Kier molecular flexibility index (Phi) is 8.32. The summed E-state index contributed by atoms with van der Waals surface area (Å²) in [7, 11) is 1.53. The average Bonchev–Trinajstić information content (AvgIpc) is 2.49. The maximum Gasteiger partial charge on any atom is 0.341 e. The topological polar surface area (TPSA) is 61.5 Å². The number of hydrogen-bond donors (Lipinski definition) is 1. The monoisotopic (exact) mass is 293 g/mol. The van der Waals surface area contributed by atoms with Crippen LogP contribution in [0.2, 0.25) is 0 Å². The number of carbonyl (C=O) groups excluding carboxylic acids is 1. The number of rotatable bonds is 10. The minimum Gasteiger partial charge on any atom is -0.496 e. The van der Waals surface area contributed by atoms with Crippen molar-refractivity contribution in [2.75, 3.05) is 19.5 Å². The van der Waals surface area contributed by atoms with Crippen LogP contribution >= 0.6 is 0 Å². The molecule has 0 spiro atoms. The predicted octanol–water partition coefficient (Wildman–Crippen LogP) is 4.18. The molecule has 0 heterocycles. The molecular formula is C17H27NO3. The third kappa shape index (κ3) is 6.52. The van der Waals surface area contributed by atoms with Crippen LogP contribution in [0.5, 0.6) is 5.75 Å². The van der Waals surface area contributed by atoms with E-state index in [9.17, 15) is 4.79 Å². The van der Waals surface area contributed by atoms with Crippen molar-refractivity contribution in [2.24, 2.45) is 0 Å². The van der Waals surface area contributed by atoms with Crippen molar-refractivity contribution in [3.8, 4) is 5.75 Å². The highest BCUT2D eigenvalue weighted by atomic mass is 16.5. The van der Waals surface area contributed by atoms with Gasteiger partial charge in [0.1, 0.15) is 11.3 Å². The molecule has 0 aliphatic heterocycles. The van der Waals surface area contributed by atoms with Crippen molar-refractivity contribution in [3.63, 3.8) is 0 Å². The van der Waals surface area contributed by atoms with E-state index in [4.69, 9.17) is 15.2 Å². The first-order valence-electron chi connectivity index (χ1n) is 7.79. The lowest BCUT2D eigenvalue weighted by Crippen LogP contribution is -2.09. The summed E-state index contributed by atoms with van der Waals surface area (Å²) in [6.07, 6.45) is 8.36. The minimum absolute atomic E-state index is 0.370. The van der Waals surface area contributed by atoms with E-state index in [1.165, 1.54) is 39.2 Å². The second-order valence-electron chi connectivity index (χ2n) is 5.22. The van der Waals surface area contributed by atoms with Crippen LogP contribution in [-0.4, -0.2) is 19.7 Å². The van der Waals surface area contributed by atoms with Gasteiger partial charge in [-0.1, -0.05) is 45.4 Å². The molecule has 0 radical (unpaired) electrons. The molecule has 0 saturated carbocycles. The number of anilines is 1. The number of nitrogens with two attached hydrogens (primary N) is 1. The molecule has 0 aliphatic rings. The number of ether oxygens (including phenoxy) is 2. The van der Waals surface area contributed by atoms with Crippen molar-refractivity contribution < 1.29 is 14.3 Å². The summed E-state index contributed by atoms with van der Waals surface area (Å²) in [5.41, 5.74) is 6.61. The third-order valence-electron chi connectivity index (χ3n) is 3.42. The second-order valence-corrected chi connectivity index (χ2v) is 5.22. The van der Waals surface area contributed by atoms with Gasteiger partial charge in [-0.15, -0.1) is 0 Å². The fourth-order valence-electron chi connectivity index (χ4n) is 2.19. The van der Waals surface area contributed by atoms with E-state index in [2.05, 4.69) is 6.92 Å². The van der Waals surface area contributed by atoms with E-state index >= 15 is 0 Å². The Morgan fingerprint density at radius 1 is 1.10 bits per heavy atom. The minimum atomic E-state index is -0.370. The summed E-state index contributed by atoms with van der Waals surface area (Å²) in [4.78, 5) is 12.0. The summed E-state index contributed by atoms with van der Waals surface area (Å²) >= 11 is 0. The van der Waals surface area contributed by atoms with Crippen molar-refractivity contribution in [2.45, 2.75) is 51.9 Å². The summed E-state index contributed by atoms with van der Waals surface area (Å²) in [6, 6.07) is 4.97. The first-order valence-corrected chi connectivity index (χ1v) is 7.79. The zero-order valence-electron chi connectivity index (χ0n) is 13.2. The van der Waals surface area contributed by atoms with Gasteiger partial charge in [0.25, 0.3) is 0 Å². The highest BCUT2D eigenvalue weighted by Gasteiger charge is 2.13. The smallest absolute Gasteiger partial charge is 0.341 e. The fourth-order valence-corrected chi connectivity index (χ4v) is 2.19. The first-order chi connectivity index (χ1) is 10.2. The van der Waals surface area contributed by atoms with Crippen LogP contribution in [0.3, 0.4) is 0 Å². The average molecular weight is 293 g/mol. The third-order valence-corrected chi connectivity index (χ3v) is 3.42. The van der Waals surface area contributed by atoms with E-state index in [-0.39, 0.29) is 5.97 Å². The molecule has 0 atom stereocenters. The van der Waals surface area contributed by atoms with Gasteiger partial charge in [0.15, 0.2) is 0 Å². The van der Waals surface area contributed by atoms with Gasteiger partial charge < -0.3 is 15.2 Å². The molecule has 0 bridgehead atoms. The van der Waals surface area contributed by atoms with Crippen molar-refractivity contribution >= 4 is 11.7 Å². The largest absolute Gasteiger partial charge is 0.496 e. The molecule has 118 valence electrons. The molecule has 1 aromatic carbocycles. The number of esters is 1. The zero-order valence-corrected chi connectivity index (χ0v) is 13.2. The molecule has 21 heavy (non-hydrogen) atoms. The number of benzene rings is 1. The van der Waals surface area contributed by atoms with Crippen LogP contribution in [0.25, 0.3) is 0 Å². The summed E-state index contributed by atoms with van der Waals surface area (Å²) in [5, 5.41) is 0. The second kappa shape index (κ2) is 10.1. The Hall–Kier alpha value is -1.71. The van der Waals surface area contributed by atoms with Crippen molar-refractivity contribution in [1.29, 1.82) is 0 Å². The zero-order chi connectivity index (χ0) is 15.5. The highest BCUT2D eigenvalue weighted by Crippen LogP contribution is 2.22. The molecule has 4 heteroatoms. The number of nitrogen functional groups attached to an aromatic ring is 1. The van der Waals surface area contributed by atoms with Gasteiger partial charge in [0.2, 0.25) is 0 Å². The van der Waals surface area contributed by atoms with Crippen molar-refractivity contribution in [1.82, 2.24) is 0 Å². The molecule has 0 aromatic heterocycles. The van der Waals surface area contributed by atoms with Crippen LogP contribution in [0.1, 0.15) is 62.2 Å². The quantitative estimate of drug-likeness (QED) is 0.399. The number of unbranched alkanes of at least 4 members (excludes halogenated alkanes) is 6. The van der Waals surface area contributed by atoms with Gasteiger partial charge in [0, 0.05) is 5.69 Å². The van der Waals surface area contributed by atoms with Gasteiger partial charge in [-0.05, 0) is 24.6 Å². The fraction of sp³-hybridized carbons (Fsp3) is 0.588. The van der Waals surface area contributed by atoms with Gasteiger partial charge >= 0.3 is 5.97 Å². The van der Waals surface area contributed by atoms with E-state index in [1.807, 2.05) is 0 Å². The Labute approximate surface area is 127 Å². The Morgan fingerprint density at radius 3 is 2.43 bits per heavy atom. The van der Waals surface area contributed by atoms with E-state index in [1.54, 1.807) is 18.2 Å².